The van der Waals surface area contributed by atoms with Gasteiger partial charge in [0.15, 0.2) is 0 Å². The van der Waals surface area contributed by atoms with E-state index in [9.17, 15) is 13.2 Å². The lowest BCUT2D eigenvalue weighted by atomic mass is 10.1. The van der Waals surface area contributed by atoms with E-state index in [1.807, 2.05) is 31.2 Å². The first-order valence-corrected chi connectivity index (χ1v) is 6.66. The average molecular weight is 312 g/mol. The number of hydrogen-bond acceptors (Lipinski definition) is 1. The Morgan fingerprint density at radius 3 is 2.24 bits per heavy atom. The number of nitrogens with one attached hydrogen (secondary N) is 1. The highest BCUT2D eigenvalue weighted by molar-refractivity contribution is 6.28. The highest BCUT2D eigenvalue weighted by Crippen LogP contribution is 2.31. The molecule has 2 aromatic carbocycles. The molecule has 0 aromatic heterocycles. The van der Waals surface area contributed by atoms with Crippen LogP contribution >= 0.6 is 11.6 Å². The summed E-state index contributed by atoms with van der Waals surface area (Å²) in [5.74, 6) is 0. The number of para-hydroxylation sites is 1. The first-order chi connectivity index (χ1) is 9.91. The zero-order chi connectivity index (χ0) is 15.5. The molecule has 0 aliphatic heterocycles. The number of allylic oxidation sites excluding steroid dienone is 1. The Labute approximate surface area is 126 Å². The lowest BCUT2D eigenvalue weighted by molar-refractivity contribution is -0.137. The smallest absolute Gasteiger partial charge is 0.355 e. The molecule has 0 aliphatic rings. The highest BCUT2D eigenvalue weighted by Gasteiger charge is 2.29. The Morgan fingerprint density at radius 2 is 1.67 bits per heavy atom. The molecule has 5 heteroatoms. The molecule has 0 unspecified atom stereocenters. The lowest BCUT2D eigenvalue weighted by Gasteiger charge is -2.13. The fourth-order valence-electron chi connectivity index (χ4n) is 1.89. The van der Waals surface area contributed by atoms with Gasteiger partial charge < -0.3 is 5.32 Å². The summed E-state index contributed by atoms with van der Waals surface area (Å²) < 4.78 is 37.6. The number of rotatable bonds is 3. The molecule has 1 N–H and O–H groups in total. The van der Waals surface area contributed by atoms with Crippen molar-refractivity contribution in [1.29, 1.82) is 0 Å². The molecule has 0 amide bonds. The topological polar surface area (TPSA) is 12.0 Å². The van der Waals surface area contributed by atoms with Crippen molar-refractivity contribution < 1.29 is 13.2 Å². The van der Waals surface area contributed by atoms with Crippen molar-refractivity contribution in [2.75, 3.05) is 5.32 Å². The second-order valence-corrected chi connectivity index (χ2v) is 4.76. The first-order valence-electron chi connectivity index (χ1n) is 6.22. The molecule has 0 fully saturated rings. The molecule has 0 heterocycles. The Kier molecular flexibility index (Phi) is 4.58. The number of alkyl halides is 3. The van der Waals surface area contributed by atoms with E-state index in [1.165, 1.54) is 17.7 Å². The Bertz CT molecular complexity index is 645. The van der Waals surface area contributed by atoms with Gasteiger partial charge in [0.1, 0.15) is 0 Å². The van der Waals surface area contributed by atoms with E-state index >= 15 is 0 Å². The minimum absolute atomic E-state index is 0.581. The maximum Gasteiger partial charge on any atom is 0.416 e. The summed E-state index contributed by atoms with van der Waals surface area (Å²) >= 11 is 5.72. The van der Waals surface area contributed by atoms with Gasteiger partial charge >= 0.3 is 6.18 Å². The standard InChI is InChI=1S/C16H13ClF3N/c1-11(10-17)14-4-2-3-5-15(14)21-13-8-6-12(7-9-13)16(18,19)20/h2-10,21H,1H3/b11-10-. The number of halogens is 4. The predicted molar refractivity (Wildman–Crippen MR) is 80.7 cm³/mol. The molecule has 110 valence electrons. The van der Waals surface area contributed by atoms with Crippen LogP contribution < -0.4 is 5.32 Å². The fraction of sp³-hybridized carbons (Fsp3) is 0.125. The van der Waals surface area contributed by atoms with E-state index in [2.05, 4.69) is 5.32 Å². The molecular formula is C16H13ClF3N. The van der Waals surface area contributed by atoms with Gasteiger partial charge in [0, 0.05) is 22.5 Å². The van der Waals surface area contributed by atoms with Gasteiger partial charge in [-0.1, -0.05) is 29.8 Å². The van der Waals surface area contributed by atoms with E-state index in [0.29, 0.717) is 5.69 Å². The molecule has 0 bridgehead atoms. The summed E-state index contributed by atoms with van der Waals surface area (Å²) in [5, 5.41) is 3.10. The minimum atomic E-state index is -4.33. The van der Waals surface area contributed by atoms with Gasteiger partial charge in [-0.05, 0) is 42.8 Å². The van der Waals surface area contributed by atoms with E-state index in [4.69, 9.17) is 11.6 Å². The van der Waals surface area contributed by atoms with Crippen LogP contribution in [0.1, 0.15) is 18.1 Å². The molecule has 0 atom stereocenters. The maximum atomic E-state index is 12.5. The maximum absolute atomic E-state index is 12.5. The monoisotopic (exact) mass is 311 g/mol. The average Bonchev–Trinajstić information content (AvgIpc) is 2.46. The van der Waals surface area contributed by atoms with E-state index < -0.39 is 11.7 Å². The summed E-state index contributed by atoms with van der Waals surface area (Å²) in [4.78, 5) is 0. The lowest BCUT2D eigenvalue weighted by Crippen LogP contribution is -2.04. The Morgan fingerprint density at radius 1 is 1.05 bits per heavy atom. The van der Waals surface area contributed by atoms with E-state index in [1.54, 1.807) is 0 Å². The zero-order valence-electron chi connectivity index (χ0n) is 11.2. The van der Waals surface area contributed by atoms with Gasteiger partial charge in [0.2, 0.25) is 0 Å². The van der Waals surface area contributed by atoms with Crippen LogP contribution in [-0.2, 0) is 6.18 Å². The molecule has 0 radical (unpaired) electrons. The molecule has 0 aliphatic carbocycles. The van der Waals surface area contributed by atoms with Crippen LogP contribution in [0, 0.1) is 0 Å². The van der Waals surface area contributed by atoms with Gasteiger partial charge in [-0.15, -0.1) is 0 Å². The van der Waals surface area contributed by atoms with Crippen molar-refractivity contribution in [3.05, 3.63) is 65.2 Å². The highest BCUT2D eigenvalue weighted by atomic mass is 35.5. The number of benzene rings is 2. The molecule has 2 rings (SSSR count). The van der Waals surface area contributed by atoms with E-state index in [0.717, 1.165) is 29.0 Å². The third kappa shape index (κ3) is 3.79. The SMILES string of the molecule is C/C(=C/Cl)c1ccccc1Nc1ccc(C(F)(F)F)cc1. The molecule has 0 saturated carbocycles. The van der Waals surface area contributed by atoms with Crippen molar-refractivity contribution >= 4 is 28.5 Å². The largest absolute Gasteiger partial charge is 0.416 e. The van der Waals surface area contributed by atoms with Crippen LogP contribution in [0.4, 0.5) is 24.5 Å². The van der Waals surface area contributed by atoms with Crippen LogP contribution in [0.15, 0.2) is 54.1 Å². The molecule has 21 heavy (non-hydrogen) atoms. The summed E-state index contributed by atoms with van der Waals surface area (Å²) in [6, 6.07) is 12.4. The third-order valence-corrected chi connectivity index (χ3v) is 3.33. The van der Waals surface area contributed by atoms with Crippen molar-refractivity contribution in [1.82, 2.24) is 0 Å². The summed E-state index contributed by atoms with van der Waals surface area (Å²) in [5.41, 5.74) is 3.93. The van der Waals surface area contributed by atoms with Gasteiger partial charge in [-0.3, -0.25) is 0 Å². The molecule has 0 saturated heterocycles. The zero-order valence-corrected chi connectivity index (χ0v) is 12.0. The van der Waals surface area contributed by atoms with Crippen LogP contribution in [0.5, 0.6) is 0 Å². The summed E-state index contributed by atoms with van der Waals surface area (Å²) in [7, 11) is 0. The molecular weight excluding hydrogens is 299 g/mol. The summed E-state index contributed by atoms with van der Waals surface area (Å²) in [6.07, 6.45) is -4.33. The second kappa shape index (κ2) is 6.22. The predicted octanol–water partition coefficient (Wildman–Crippen LogP) is 6.05. The summed E-state index contributed by atoms with van der Waals surface area (Å²) in [6.45, 7) is 1.86. The number of anilines is 2. The normalized spacial score (nSPS) is 12.3. The van der Waals surface area contributed by atoms with Crippen molar-refractivity contribution in [3.63, 3.8) is 0 Å². The molecule has 2 aromatic rings. The third-order valence-electron chi connectivity index (χ3n) is 3.01. The van der Waals surface area contributed by atoms with Crippen molar-refractivity contribution in [2.45, 2.75) is 13.1 Å². The Hall–Kier alpha value is -1.94. The van der Waals surface area contributed by atoms with Crippen LogP contribution in [0.2, 0.25) is 0 Å². The van der Waals surface area contributed by atoms with Crippen LogP contribution in [0.3, 0.4) is 0 Å². The van der Waals surface area contributed by atoms with Crippen LogP contribution in [-0.4, -0.2) is 0 Å². The van der Waals surface area contributed by atoms with Crippen molar-refractivity contribution in [3.8, 4) is 0 Å². The fourth-order valence-corrected chi connectivity index (χ4v) is 2.01. The van der Waals surface area contributed by atoms with Gasteiger partial charge in [-0.2, -0.15) is 13.2 Å². The van der Waals surface area contributed by atoms with Crippen molar-refractivity contribution in [2.24, 2.45) is 0 Å². The van der Waals surface area contributed by atoms with Gasteiger partial charge in [0.05, 0.1) is 5.56 Å². The Balaban J connectivity index is 2.27. The first kappa shape index (κ1) is 15.4. The van der Waals surface area contributed by atoms with Crippen LogP contribution in [0.25, 0.3) is 5.57 Å². The minimum Gasteiger partial charge on any atom is -0.355 e. The molecule has 1 nitrogen and oxygen atoms in total. The quantitative estimate of drug-likeness (QED) is 0.727. The van der Waals surface area contributed by atoms with Gasteiger partial charge in [-0.25, -0.2) is 0 Å². The van der Waals surface area contributed by atoms with E-state index in [-0.39, 0.29) is 0 Å². The van der Waals surface area contributed by atoms with Gasteiger partial charge in [0.25, 0.3) is 0 Å². The second-order valence-electron chi connectivity index (χ2n) is 4.54. The number of hydrogen-bond donors (Lipinski definition) is 1. The molecule has 0 spiro atoms.